The first-order chi connectivity index (χ1) is 12.1. The summed E-state index contributed by atoms with van der Waals surface area (Å²) in [6, 6.07) is 4.18. The second-order valence-corrected chi connectivity index (χ2v) is 5.98. The molecular weight excluding hydrogens is 455 g/mol. The first-order valence-corrected chi connectivity index (χ1v) is 8.60. The average Bonchev–Trinajstić information content (AvgIpc) is 2.64. The summed E-state index contributed by atoms with van der Waals surface area (Å²) in [4.78, 5) is 18.2. The van der Waals surface area contributed by atoms with Crippen LogP contribution in [0.15, 0.2) is 23.2 Å². The molecule has 0 saturated carbocycles. The van der Waals surface area contributed by atoms with Crippen molar-refractivity contribution in [3.63, 3.8) is 0 Å². The number of carbonyl (C=O) groups excluding carboxylic acids is 1. The molecule has 1 saturated heterocycles. The van der Waals surface area contributed by atoms with Crippen LogP contribution in [0.5, 0.6) is 0 Å². The lowest BCUT2D eigenvalue weighted by molar-refractivity contribution is -0.146. The molecule has 1 aromatic rings. The van der Waals surface area contributed by atoms with E-state index in [2.05, 4.69) is 15.2 Å². The number of piperidine rings is 1. The Kier molecular flexibility index (Phi) is 9.82. The van der Waals surface area contributed by atoms with Gasteiger partial charge >= 0.3 is 5.97 Å². The maximum absolute atomic E-state index is 13.7. The van der Waals surface area contributed by atoms with Gasteiger partial charge in [0.05, 0.1) is 13.0 Å². The number of ether oxygens (including phenoxy) is 1. The highest BCUT2D eigenvalue weighted by Gasteiger charge is 2.26. The van der Waals surface area contributed by atoms with Crippen LogP contribution in [0.3, 0.4) is 0 Å². The number of rotatable bonds is 5. The molecule has 0 radical (unpaired) electrons. The second-order valence-electron chi connectivity index (χ2n) is 5.98. The molecule has 0 unspecified atom stereocenters. The zero-order valence-electron chi connectivity index (χ0n) is 15.1. The maximum atomic E-state index is 13.7. The zero-order chi connectivity index (χ0) is 18.2. The quantitative estimate of drug-likeness (QED) is 0.304. The molecule has 1 heterocycles. The largest absolute Gasteiger partial charge is 0.469 e. The minimum absolute atomic E-state index is 0. The fraction of sp³-hybridized carbons (Fsp3) is 0.556. The number of carbonyl (C=O) groups is 1. The van der Waals surface area contributed by atoms with Gasteiger partial charge in [-0.05, 0) is 37.8 Å². The van der Waals surface area contributed by atoms with Gasteiger partial charge in [0.2, 0.25) is 0 Å². The van der Waals surface area contributed by atoms with Gasteiger partial charge in [0, 0.05) is 26.2 Å². The van der Waals surface area contributed by atoms with Crippen molar-refractivity contribution in [1.82, 2.24) is 10.2 Å². The number of guanidine groups is 1. The van der Waals surface area contributed by atoms with E-state index in [1.807, 2.05) is 6.92 Å². The topological polar surface area (TPSA) is 53.9 Å². The van der Waals surface area contributed by atoms with Gasteiger partial charge in [0.15, 0.2) is 17.6 Å². The Labute approximate surface area is 170 Å². The van der Waals surface area contributed by atoms with Crippen molar-refractivity contribution in [3.05, 3.63) is 35.4 Å². The Balaban J connectivity index is 0.00000338. The van der Waals surface area contributed by atoms with Crippen LogP contribution in [0.25, 0.3) is 0 Å². The summed E-state index contributed by atoms with van der Waals surface area (Å²) in [5.74, 6) is -1.13. The van der Waals surface area contributed by atoms with Crippen molar-refractivity contribution in [2.45, 2.75) is 26.2 Å². The normalized spacial score (nSPS) is 15.4. The lowest BCUT2D eigenvalue weighted by Gasteiger charge is -2.33. The van der Waals surface area contributed by atoms with Gasteiger partial charge in [-0.25, -0.2) is 8.78 Å². The molecule has 0 spiro atoms. The average molecular weight is 481 g/mol. The van der Waals surface area contributed by atoms with Crippen LogP contribution in [0.2, 0.25) is 0 Å². The Morgan fingerprint density at radius 3 is 2.65 bits per heavy atom. The number of hydrogen-bond donors (Lipinski definition) is 1. The van der Waals surface area contributed by atoms with Crippen molar-refractivity contribution >= 4 is 35.9 Å². The van der Waals surface area contributed by atoms with E-state index in [0.29, 0.717) is 38.2 Å². The number of likely N-dealkylation sites (tertiary alicyclic amines) is 1. The molecule has 0 atom stereocenters. The Hall–Kier alpha value is -1.45. The van der Waals surface area contributed by atoms with Crippen molar-refractivity contribution in [3.8, 4) is 0 Å². The smallest absolute Gasteiger partial charge is 0.308 e. The summed E-state index contributed by atoms with van der Waals surface area (Å²) in [5.41, 5.74) is 0.323. The summed E-state index contributed by atoms with van der Waals surface area (Å²) >= 11 is 0. The number of halogens is 3. The molecule has 5 nitrogen and oxygen atoms in total. The summed E-state index contributed by atoms with van der Waals surface area (Å²) in [6.45, 7) is 4.46. The van der Waals surface area contributed by atoms with Crippen LogP contribution in [-0.2, 0) is 16.0 Å². The highest BCUT2D eigenvalue weighted by Crippen LogP contribution is 2.18. The summed E-state index contributed by atoms with van der Waals surface area (Å²) < 4.78 is 31.7. The number of nitrogens with zero attached hydrogens (tertiary/aromatic N) is 2. The van der Waals surface area contributed by atoms with Crippen molar-refractivity contribution in [2.75, 3.05) is 33.3 Å². The number of aliphatic imine (C=N–C) groups is 1. The molecule has 146 valence electrons. The van der Waals surface area contributed by atoms with Gasteiger partial charge in [-0.3, -0.25) is 9.79 Å². The van der Waals surface area contributed by atoms with E-state index in [4.69, 9.17) is 4.74 Å². The third kappa shape index (κ3) is 6.07. The van der Waals surface area contributed by atoms with Gasteiger partial charge < -0.3 is 15.0 Å². The molecule has 0 bridgehead atoms. The molecule has 0 amide bonds. The van der Waals surface area contributed by atoms with Gasteiger partial charge in [-0.15, -0.1) is 24.0 Å². The highest BCUT2D eigenvalue weighted by atomic mass is 127. The first-order valence-electron chi connectivity index (χ1n) is 8.60. The Morgan fingerprint density at radius 2 is 2.04 bits per heavy atom. The predicted octanol–water partition coefficient (Wildman–Crippen LogP) is 2.98. The molecule has 0 aromatic heterocycles. The molecule has 26 heavy (non-hydrogen) atoms. The van der Waals surface area contributed by atoms with E-state index in [0.717, 1.165) is 24.9 Å². The summed E-state index contributed by atoms with van der Waals surface area (Å²) in [7, 11) is 1.41. The molecule has 8 heteroatoms. The van der Waals surface area contributed by atoms with Crippen LogP contribution >= 0.6 is 24.0 Å². The molecule has 1 N–H and O–H groups in total. The Bertz CT molecular complexity index is 620. The number of nitrogens with one attached hydrogen (secondary N) is 1. The molecule has 1 aliphatic rings. The van der Waals surface area contributed by atoms with Crippen LogP contribution in [0.1, 0.15) is 25.3 Å². The summed E-state index contributed by atoms with van der Waals surface area (Å²) in [5, 5.41) is 3.21. The van der Waals surface area contributed by atoms with Gasteiger partial charge in [-0.1, -0.05) is 12.1 Å². The van der Waals surface area contributed by atoms with Crippen LogP contribution in [-0.4, -0.2) is 50.1 Å². The predicted molar refractivity (Wildman–Crippen MR) is 108 cm³/mol. The zero-order valence-corrected chi connectivity index (χ0v) is 17.5. The third-order valence-electron chi connectivity index (χ3n) is 4.34. The molecular formula is C18H26F2IN3O2. The van der Waals surface area contributed by atoms with E-state index in [1.165, 1.54) is 13.2 Å². The molecule has 1 fully saturated rings. The fourth-order valence-corrected chi connectivity index (χ4v) is 2.94. The Morgan fingerprint density at radius 1 is 1.35 bits per heavy atom. The van der Waals surface area contributed by atoms with E-state index in [1.54, 1.807) is 6.07 Å². The van der Waals surface area contributed by atoms with Crippen molar-refractivity contribution in [1.29, 1.82) is 0 Å². The van der Waals surface area contributed by atoms with E-state index in [9.17, 15) is 13.6 Å². The molecule has 2 rings (SSSR count). The van der Waals surface area contributed by atoms with Crippen LogP contribution < -0.4 is 5.32 Å². The number of methoxy groups -OCH3 is 1. The van der Waals surface area contributed by atoms with Crippen molar-refractivity contribution < 1.29 is 18.3 Å². The third-order valence-corrected chi connectivity index (χ3v) is 4.34. The lowest BCUT2D eigenvalue weighted by atomic mass is 9.97. The fourth-order valence-electron chi connectivity index (χ4n) is 2.94. The van der Waals surface area contributed by atoms with Gasteiger partial charge in [-0.2, -0.15) is 0 Å². The van der Waals surface area contributed by atoms with Gasteiger partial charge in [0.1, 0.15) is 0 Å². The summed E-state index contributed by atoms with van der Waals surface area (Å²) in [6.07, 6.45) is 1.77. The minimum atomic E-state index is -0.835. The second kappa shape index (κ2) is 11.3. The van der Waals surface area contributed by atoms with Gasteiger partial charge in [0.25, 0.3) is 0 Å². The number of benzene rings is 1. The minimum Gasteiger partial charge on any atom is -0.469 e. The monoisotopic (exact) mass is 481 g/mol. The molecule has 0 aliphatic carbocycles. The number of hydrogen-bond acceptors (Lipinski definition) is 3. The molecule has 1 aliphatic heterocycles. The van der Waals surface area contributed by atoms with E-state index < -0.39 is 11.6 Å². The standard InChI is InChI=1S/C18H25F2N3O2.HI/c1-3-21-18(23-11-8-14(9-12-23)17(24)25-2)22-10-7-13-5-4-6-15(19)16(13)20;/h4-6,14H,3,7-12H2,1-2H3,(H,21,22);1H. The van der Waals surface area contributed by atoms with Crippen LogP contribution in [0, 0.1) is 17.6 Å². The van der Waals surface area contributed by atoms with E-state index in [-0.39, 0.29) is 35.9 Å². The first kappa shape index (κ1) is 22.6. The number of esters is 1. The van der Waals surface area contributed by atoms with Crippen LogP contribution in [0.4, 0.5) is 8.78 Å². The van der Waals surface area contributed by atoms with E-state index >= 15 is 0 Å². The van der Waals surface area contributed by atoms with Crippen molar-refractivity contribution in [2.24, 2.45) is 10.9 Å². The SMILES string of the molecule is CCNC(=NCCc1cccc(F)c1F)N1CCC(C(=O)OC)CC1.I. The highest BCUT2D eigenvalue weighted by molar-refractivity contribution is 14.0. The molecule has 1 aromatic carbocycles. The maximum Gasteiger partial charge on any atom is 0.308 e. The lowest BCUT2D eigenvalue weighted by Crippen LogP contribution is -2.46.